The van der Waals surface area contributed by atoms with Crippen molar-refractivity contribution in [1.82, 2.24) is 0 Å². The van der Waals surface area contributed by atoms with Crippen molar-refractivity contribution in [3.8, 4) is 0 Å². The van der Waals surface area contributed by atoms with Gasteiger partial charge in [0.2, 0.25) is 0 Å². The minimum Gasteiger partial charge on any atom is -0.0622 e. The molecule has 0 aliphatic heterocycles. The third kappa shape index (κ3) is 8.32. The molecule has 0 heterocycles. The average Bonchev–Trinajstić information content (AvgIpc) is 3.06. The number of rotatable bonds is 6. The first-order chi connectivity index (χ1) is 19.9. The maximum absolute atomic E-state index is 8.31. The first-order valence-electron chi connectivity index (χ1n) is 13.0. The zero-order valence-electron chi connectivity index (χ0n) is 22.0. The molecule has 0 unspecified atom stereocenters. The van der Waals surface area contributed by atoms with Crippen molar-refractivity contribution in [3.05, 3.63) is 182 Å². The van der Waals surface area contributed by atoms with Gasteiger partial charge >= 0.3 is 22.6 Å². The van der Waals surface area contributed by atoms with E-state index in [1.165, 1.54) is 31.8 Å². The van der Waals surface area contributed by atoms with Crippen LogP contribution in [0.25, 0.3) is 0 Å². The molecule has 40 heavy (non-hydrogen) atoms. The van der Waals surface area contributed by atoms with E-state index in [1.807, 2.05) is 0 Å². The second-order valence-corrected chi connectivity index (χ2v) is 13.1. The van der Waals surface area contributed by atoms with E-state index in [0.717, 1.165) is 0 Å². The second-order valence-electron chi connectivity index (χ2n) is 8.68. The van der Waals surface area contributed by atoms with Crippen LogP contribution >= 0.6 is 15.8 Å². The van der Waals surface area contributed by atoms with E-state index in [2.05, 4.69) is 182 Å². The molecule has 6 aromatic carbocycles. The molecule has 0 bridgehead atoms. The zero-order valence-corrected chi connectivity index (χ0v) is 26.5. The van der Waals surface area contributed by atoms with Crippen LogP contribution in [0.4, 0.5) is 0 Å². The molecule has 0 aliphatic rings. The van der Waals surface area contributed by atoms with Gasteiger partial charge in [0, 0.05) is 0 Å². The molecule has 1 nitrogen and oxygen atoms in total. The summed E-state index contributed by atoms with van der Waals surface area (Å²) < 4.78 is 8.31. The summed E-state index contributed by atoms with van der Waals surface area (Å²) >= 11 is 0.472. The van der Waals surface area contributed by atoms with Gasteiger partial charge in [-0.25, -0.2) is 0 Å². The SMILES string of the molecule is [O]=[Re].c1ccc(P(c2ccccc2)c2ccccc2)cc1.c1ccc(P(c2ccccc2)c2ccccc2)cc1. The Morgan fingerprint density at radius 2 is 0.375 bits per heavy atom. The van der Waals surface area contributed by atoms with Gasteiger partial charge in [-0.2, -0.15) is 0 Å². The molecule has 0 saturated carbocycles. The summed E-state index contributed by atoms with van der Waals surface area (Å²) in [5.41, 5.74) is 0. The second kappa shape index (κ2) is 16.7. The van der Waals surface area contributed by atoms with Crippen LogP contribution in [0.1, 0.15) is 0 Å². The van der Waals surface area contributed by atoms with Gasteiger partial charge in [-0.15, -0.1) is 0 Å². The van der Waals surface area contributed by atoms with Crippen LogP contribution < -0.4 is 31.8 Å². The molecule has 0 aliphatic carbocycles. The molecule has 0 N–H and O–H groups in total. The van der Waals surface area contributed by atoms with Gasteiger partial charge in [0.15, 0.2) is 0 Å². The van der Waals surface area contributed by atoms with Crippen LogP contribution in [-0.2, 0) is 22.6 Å². The molecule has 6 rings (SSSR count). The quantitative estimate of drug-likeness (QED) is 0.174. The van der Waals surface area contributed by atoms with Crippen LogP contribution in [0.5, 0.6) is 0 Å². The van der Waals surface area contributed by atoms with Crippen LogP contribution in [0.3, 0.4) is 0 Å². The monoisotopic (exact) mass is 727 g/mol. The fourth-order valence-corrected chi connectivity index (χ4v) is 8.97. The first-order valence-corrected chi connectivity index (χ1v) is 16.8. The summed E-state index contributed by atoms with van der Waals surface area (Å²) in [4.78, 5) is 0. The molecule has 0 fully saturated rings. The van der Waals surface area contributed by atoms with Crippen molar-refractivity contribution in [2.24, 2.45) is 0 Å². The fraction of sp³-hybridized carbons (Fsp3) is 0. The predicted molar refractivity (Wildman–Crippen MR) is 171 cm³/mol. The van der Waals surface area contributed by atoms with Crippen molar-refractivity contribution in [3.63, 3.8) is 0 Å². The molecule has 0 radical (unpaired) electrons. The molecule has 0 spiro atoms. The van der Waals surface area contributed by atoms with Crippen molar-refractivity contribution in [2.45, 2.75) is 0 Å². The average molecular weight is 727 g/mol. The summed E-state index contributed by atoms with van der Waals surface area (Å²) in [6, 6.07) is 64.7. The summed E-state index contributed by atoms with van der Waals surface area (Å²) in [6.45, 7) is 0. The van der Waals surface area contributed by atoms with E-state index >= 15 is 0 Å². The van der Waals surface area contributed by atoms with E-state index in [0.29, 0.717) is 19.2 Å². The van der Waals surface area contributed by atoms with Gasteiger partial charge in [0.1, 0.15) is 0 Å². The summed E-state index contributed by atoms with van der Waals surface area (Å²) in [6.07, 6.45) is 0. The summed E-state index contributed by atoms with van der Waals surface area (Å²) in [5.74, 6) is 0. The Balaban J connectivity index is 0.000000174. The number of hydrogen-bond acceptors (Lipinski definition) is 1. The normalized spacial score (nSPS) is 10.2. The van der Waals surface area contributed by atoms with Crippen LogP contribution in [-0.4, -0.2) is 0 Å². The van der Waals surface area contributed by atoms with E-state index in [1.54, 1.807) is 0 Å². The van der Waals surface area contributed by atoms with Gasteiger partial charge in [0.25, 0.3) is 0 Å². The predicted octanol–water partition coefficient (Wildman–Crippen LogP) is 6.77. The standard InChI is InChI=1S/2C18H15P.O.Re/c2*1-4-10-16(11-5-1)19(17-12-6-2-7-13-17)18-14-8-3-9-15-18;;/h2*1-15H;;. The molecular formula is C36H30OP2Re. The van der Waals surface area contributed by atoms with Gasteiger partial charge in [-0.1, -0.05) is 182 Å². The van der Waals surface area contributed by atoms with E-state index in [9.17, 15) is 0 Å². The Bertz CT molecular complexity index is 1200. The molecule has 0 aromatic heterocycles. The van der Waals surface area contributed by atoms with Crippen LogP contribution in [0, 0.1) is 0 Å². The molecule has 197 valence electrons. The van der Waals surface area contributed by atoms with Gasteiger partial charge in [0.05, 0.1) is 0 Å². The smallest absolute Gasteiger partial charge is 0.0134 e. The fourth-order valence-electron chi connectivity index (χ4n) is 4.36. The minimum atomic E-state index is -0.446. The Labute approximate surface area is 251 Å². The third-order valence-corrected chi connectivity index (χ3v) is 11.0. The minimum absolute atomic E-state index is 0.446. The molecule has 6 aromatic rings. The maximum atomic E-state index is 8.31. The van der Waals surface area contributed by atoms with Crippen molar-refractivity contribution in [1.29, 1.82) is 0 Å². The van der Waals surface area contributed by atoms with E-state index in [-0.39, 0.29) is 0 Å². The Morgan fingerprint density at radius 3 is 0.500 bits per heavy atom. The largest absolute Gasteiger partial charge is 0.0622 e. The molecule has 4 heteroatoms. The number of hydrogen-bond donors (Lipinski definition) is 0. The summed E-state index contributed by atoms with van der Waals surface area (Å²) in [5, 5.41) is 8.39. The Morgan fingerprint density at radius 1 is 0.250 bits per heavy atom. The van der Waals surface area contributed by atoms with Crippen LogP contribution in [0.2, 0.25) is 0 Å². The number of benzene rings is 6. The van der Waals surface area contributed by atoms with Crippen molar-refractivity contribution < 1.29 is 22.6 Å². The van der Waals surface area contributed by atoms with Crippen molar-refractivity contribution >= 4 is 47.7 Å². The topological polar surface area (TPSA) is 17.1 Å². The Hall–Kier alpha value is -3.36. The van der Waals surface area contributed by atoms with Gasteiger partial charge < -0.3 is 0 Å². The molecule has 0 atom stereocenters. The van der Waals surface area contributed by atoms with E-state index in [4.69, 9.17) is 3.47 Å². The molecule has 0 saturated heterocycles. The van der Waals surface area contributed by atoms with Crippen molar-refractivity contribution in [2.75, 3.05) is 0 Å². The Kier molecular flexibility index (Phi) is 12.4. The van der Waals surface area contributed by atoms with Crippen LogP contribution in [0.15, 0.2) is 182 Å². The molecule has 0 amide bonds. The van der Waals surface area contributed by atoms with Gasteiger partial charge in [-0.3, -0.25) is 0 Å². The zero-order chi connectivity index (χ0) is 27.8. The molecular weight excluding hydrogens is 697 g/mol. The van der Waals surface area contributed by atoms with Gasteiger partial charge in [-0.05, 0) is 47.7 Å². The third-order valence-electron chi connectivity index (χ3n) is 6.09. The first kappa shape index (κ1) is 29.6. The maximum Gasteiger partial charge on any atom is -0.0134 e. The van der Waals surface area contributed by atoms with E-state index < -0.39 is 15.8 Å². The summed E-state index contributed by atoms with van der Waals surface area (Å²) in [7, 11) is -0.892.